The number of hydrogen-bond acceptors (Lipinski definition) is 4. The van der Waals surface area contributed by atoms with Gasteiger partial charge in [0, 0.05) is 39.3 Å². The van der Waals surface area contributed by atoms with Crippen molar-refractivity contribution in [1.29, 1.82) is 0 Å². The molecule has 0 aromatic rings. The fourth-order valence-electron chi connectivity index (χ4n) is 1.85. The van der Waals surface area contributed by atoms with E-state index in [2.05, 4.69) is 28.8 Å². The summed E-state index contributed by atoms with van der Waals surface area (Å²) in [6.45, 7) is 6.27. The highest BCUT2D eigenvalue weighted by atomic mass is 16.2. The molecule has 1 fully saturated rings. The number of carbonyl (C=O) groups excluding carboxylic acids is 1. The number of piperazine rings is 1. The summed E-state index contributed by atoms with van der Waals surface area (Å²) in [6, 6.07) is 0. The topological polar surface area (TPSA) is 30.0 Å². The summed E-state index contributed by atoms with van der Waals surface area (Å²) in [5.74, 6) is 0.275. The van der Waals surface area contributed by atoms with Gasteiger partial charge in [0.2, 0.25) is 5.91 Å². The summed E-state index contributed by atoms with van der Waals surface area (Å²) in [6.07, 6.45) is 0. The van der Waals surface area contributed by atoms with Crippen LogP contribution in [0, 0.1) is 0 Å². The zero-order valence-electron chi connectivity index (χ0n) is 11.6. The highest BCUT2D eigenvalue weighted by Gasteiger charge is 2.23. The maximum absolute atomic E-state index is 11.9. The van der Waals surface area contributed by atoms with Gasteiger partial charge in [-0.1, -0.05) is 0 Å². The highest BCUT2D eigenvalue weighted by molar-refractivity contribution is 5.79. The van der Waals surface area contributed by atoms with Crippen LogP contribution in [-0.4, -0.2) is 99.5 Å². The molecule has 1 heterocycles. The first-order chi connectivity index (χ1) is 7.99. The first-order valence-corrected chi connectivity index (χ1v) is 6.28. The lowest BCUT2D eigenvalue weighted by atomic mass is 10.3. The minimum Gasteiger partial charge on any atom is -0.339 e. The molecule has 0 aromatic carbocycles. The van der Waals surface area contributed by atoms with Gasteiger partial charge in [0.25, 0.3) is 0 Å². The summed E-state index contributed by atoms with van der Waals surface area (Å²) < 4.78 is 0. The van der Waals surface area contributed by atoms with Crippen molar-refractivity contribution in [2.24, 2.45) is 0 Å². The van der Waals surface area contributed by atoms with Crippen LogP contribution in [0.2, 0.25) is 0 Å². The summed E-state index contributed by atoms with van der Waals surface area (Å²) in [7, 11) is 8.21. The lowest BCUT2D eigenvalue weighted by Crippen LogP contribution is -2.52. The first-order valence-electron chi connectivity index (χ1n) is 6.28. The molecule has 0 atom stereocenters. The van der Waals surface area contributed by atoms with Gasteiger partial charge in [-0.3, -0.25) is 9.69 Å². The number of nitrogens with zero attached hydrogens (tertiary/aromatic N) is 4. The van der Waals surface area contributed by atoms with Gasteiger partial charge in [-0.25, -0.2) is 0 Å². The predicted octanol–water partition coefficient (Wildman–Crippen LogP) is -0.746. The van der Waals surface area contributed by atoms with Crippen LogP contribution in [0.4, 0.5) is 0 Å². The van der Waals surface area contributed by atoms with Crippen molar-refractivity contribution in [2.75, 3.05) is 74.0 Å². The van der Waals surface area contributed by atoms with E-state index >= 15 is 0 Å². The molecule has 5 heteroatoms. The number of carbonyl (C=O) groups is 1. The Labute approximate surface area is 105 Å². The van der Waals surface area contributed by atoms with Gasteiger partial charge in [-0.05, 0) is 28.2 Å². The van der Waals surface area contributed by atoms with E-state index in [0.717, 1.165) is 39.3 Å². The minimum atomic E-state index is 0.275. The van der Waals surface area contributed by atoms with Gasteiger partial charge in [0.15, 0.2) is 0 Å². The molecule has 0 saturated carbocycles. The van der Waals surface area contributed by atoms with Gasteiger partial charge in [0.05, 0.1) is 6.54 Å². The first kappa shape index (κ1) is 14.4. The van der Waals surface area contributed by atoms with E-state index in [1.807, 2.05) is 19.0 Å². The van der Waals surface area contributed by atoms with Crippen molar-refractivity contribution in [3.63, 3.8) is 0 Å². The Morgan fingerprint density at radius 2 is 1.59 bits per heavy atom. The van der Waals surface area contributed by atoms with E-state index in [0.29, 0.717) is 6.54 Å². The largest absolute Gasteiger partial charge is 0.339 e. The van der Waals surface area contributed by atoms with Crippen molar-refractivity contribution in [3.8, 4) is 0 Å². The molecule has 1 aliphatic heterocycles. The third-order valence-corrected chi connectivity index (χ3v) is 3.08. The number of rotatable bonds is 6. The van der Waals surface area contributed by atoms with Gasteiger partial charge < -0.3 is 14.7 Å². The third-order valence-electron chi connectivity index (χ3n) is 3.08. The smallest absolute Gasteiger partial charge is 0.236 e. The van der Waals surface area contributed by atoms with E-state index in [-0.39, 0.29) is 5.91 Å². The lowest BCUT2D eigenvalue weighted by molar-refractivity contribution is -0.136. The molecule has 1 saturated heterocycles. The van der Waals surface area contributed by atoms with Crippen LogP contribution >= 0.6 is 0 Å². The highest BCUT2D eigenvalue weighted by Crippen LogP contribution is 2.03. The molecule has 1 amide bonds. The van der Waals surface area contributed by atoms with E-state index in [9.17, 15) is 4.79 Å². The van der Waals surface area contributed by atoms with Gasteiger partial charge in [0.1, 0.15) is 0 Å². The van der Waals surface area contributed by atoms with Crippen LogP contribution in [-0.2, 0) is 4.79 Å². The standard InChI is InChI=1S/C12H26N4O/c1-13(2)5-7-15-8-10-16(12(17)11-15)9-6-14(3)4/h5-11H2,1-4H3. The van der Waals surface area contributed by atoms with Crippen LogP contribution in [0.5, 0.6) is 0 Å². The Balaban J connectivity index is 2.26. The molecule has 0 N–H and O–H groups in total. The molecule has 0 aromatic heterocycles. The normalized spacial score (nSPS) is 18.5. The van der Waals surface area contributed by atoms with E-state index < -0.39 is 0 Å². The average Bonchev–Trinajstić information content (AvgIpc) is 2.24. The number of likely N-dealkylation sites (N-methyl/N-ethyl adjacent to an activating group) is 2. The molecule has 100 valence electrons. The summed E-state index contributed by atoms with van der Waals surface area (Å²) in [4.78, 5) is 20.4. The van der Waals surface area contributed by atoms with Crippen LogP contribution in [0.15, 0.2) is 0 Å². The average molecular weight is 242 g/mol. The molecule has 0 unspecified atom stereocenters. The monoisotopic (exact) mass is 242 g/mol. The maximum Gasteiger partial charge on any atom is 0.236 e. The molecule has 0 radical (unpaired) electrons. The Bertz CT molecular complexity index is 243. The minimum absolute atomic E-state index is 0.275. The second-order valence-electron chi connectivity index (χ2n) is 5.26. The Morgan fingerprint density at radius 3 is 2.12 bits per heavy atom. The van der Waals surface area contributed by atoms with E-state index in [4.69, 9.17) is 0 Å². The summed E-state index contributed by atoms with van der Waals surface area (Å²) >= 11 is 0. The van der Waals surface area contributed by atoms with Gasteiger partial charge in [-0.2, -0.15) is 0 Å². The second kappa shape index (κ2) is 6.93. The fourth-order valence-corrected chi connectivity index (χ4v) is 1.85. The van der Waals surface area contributed by atoms with Gasteiger partial charge in [-0.15, -0.1) is 0 Å². The zero-order valence-corrected chi connectivity index (χ0v) is 11.6. The second-order valence-corrected chi connectivity index (χ2v) is 5.26. The van der Waals surface area contributed by atoms with Crippen LogP contribution < -0.4 is 0 Å². The molecule has 0 aliphatic carbocycles. The Morgan fingerprint density at radius 1 is 1.00 bits per heavy atom. The molecule has 0 spiro atoms. The molecule has 17 heavy (non-hydrogen) atoms. The van der Waals surface area contributed by atoms with Crippen molar-refractivity contribution in [2.45, 2.75) is 0 Å². The van der Waals surface area contributed by atoms with Crippen molar-refractivity contribution >= 4 is 5.91 Å². The summed E-state index contributed by atoms with van der Waals surface area (Å²) in [5, 5.41) is 0. The third kappa shape index (κ3) is 5.48. The predicted molar refractivity (Wildman–Crippen MR) is 70.1 cm³/mol. The number of hydrogen-bond donors (Lipinski definition) is 0. The van der Waals surface area contributed by atoms with Gasteiger partial charge >= 0.3 is 0 Å². The fraction of sp³-hybridized carbons (Fsp3) is 0.917. The maximum atomic E-state index is 11.9. The molecule has 1 aliphatic rings. The SMILES string of the molecule is CN(C)CCN1CCN(CCN(C)C)C(=O)C1. The zero-order chi connectivity index (χ0) is 12.8. The molecular formula is C12H26N4O. The van der Waals surface area contributed by atoms with Crippen LogP contribution in [0.25, 0.3) is 0 Å². The van der Waals surface area contributed by atoms with E-state index in [1.165, 1.54) is 0 Å². The van der Waals surface area contributed by atoms with Crippen molar-refractivity contribution in [1.82, 2.24) is 19.6 Å². The van der Waals surface area contributed by atoms with Crippen molar-refractivity contribution < 1.29 is 4.79 Å². The van der Waals surface area contributed by atoms with Crippen LogP contribution in [0.1, 0.15) is 0 Å². The van der Waals surface area contributed by atoms with Crippen molar-refractivity contribution in [3.05, 3.63) is 0 Å². The molecule has 0 bridgehead atoms. The van der Waals surface area contributed by atoms with E-state index in [1.54, 1.807) is 0 Å². The van der Waals surface area contributed by atoms with Crippen LogP contribution in [0.3, 0.4) is 0 Å². The Hall–Kier alpha value is -0.650. The molecule has 5 nitrogen and oxygen atoms in total. The molecular weight excluding hydrogens is 216 g/mol. The number of amides is 1. The Kier molecular flexibility index (Phi) is 5.88. The summed E-state index contributed by atoms with van der Waals surface area (Å²) in [5.41, 5.74) is 0. The molecule has 1 rings (SSSR count). The quantitative estimate of drug-likeness (QED) is 0.613. The lowest BCUT2D eigenvalue weighted by Gasteiger charge is -2.35.